The molecule has 1 aliphatic carbocycles. The second kappa shape index (κ2) is 9.68. The van der Waals surface area contributed by atoms with Crippen molar-refractivity contribution in [3.05, 3.63) is 53.6 Å². The van der Waals surface area contributed by atoms with Crippen molar-refractivity contribution in [2.24, 2.45) is 5.41 Å². The number of imidazole rings is 1. The molecule has 0 radical (unpaired) electrons. The standard InChI is InChI=1S/C25H31N5O2/c1-25(2)8-5-20(6-9-25)22-15-19(7-10-29-11-13-32-14-12-29)3-4-23(22)28-24(31)30-18-27-17-21(30)16-26/h3-5,15,17-18H,6-14H2,1-2H3,(H,28,31). The molecule has 0 bridgehead atoms. The SMILES string of the molecule is CC1(C)CC=C(c2cc(CCN3CCOCC3)ccc2NC(=O)n2cncc2C#N)CC1. The number of anilines is 1. The van der Waals surface area contributed by atoms with E-state index in [4.69, 9.17) is 4.74 Å². The van der Waals surface area contributed by atoms with Crippen LogP contribution in [0.15, 0.2) is 36.8 Å². The molecular weight excluding hydrogens is 402 g/mol. The Morgan fingerprint density at radius 1 is 1.31 bits per heavy atom. The molecule has 1 aliphatic heterocycles. The maximum Gasteiger partial charge on any atom is 0.332 e. The Kier molecular flexibility index (Phi) is 6.73. The molecule has 1 N–H and O–H groups in total. The minimum atomic E-state index is -0.377. The molecule has 7 heteroatoms. The molecule has 2 aromatic rings. The van der Waals surface area contributed by atoms with E-state index in [1.54, 1.807) is 0 Å². The van der Waals surface area contributed by atoms with Crippen molar-refractivity contribution in [3.63, 3.8) is 0 Å². The molecule has 0 atom stereocenters. The number of nitrogens with one attached hydrogen (secondary N) is 1. The summed E-state index contributed by atoms with van der Waals surface area (Å²) in [4.78, 5) is 19.2. The molecule has 1 aromatic carbocycles. The zero-order valence-electron chi connectivity index (χ0n) is 18.9. The monoisotopic (exact) mass is 433 g/mol. The van der Waals surface area contributed by atoms with E-state index in [-0.39, 0.29) is 11.7 Å². The van der Waals surface area contributed by atoms with Crippen LogP contribution in [-0.4, -0.2) is 53.3 Å². The van der Waals surface area contributed by atoms with Crippen molar-refractivity contribution in [1.29, 1.82) is 5.26 Å². The highest BCUT2D eigenvalue weighted by atomic mass is 16.5. The van der Waals surface area contributed by atoms with Gasteiger partial charge in [0.1, 0.15) is 18.1 Å². The van der Waals surface area contributed by atoms with E-state index < -0.39 is 0 Å². The van der Waals surface area contributed by atoms with Crippen molar-refractivity contribution in [1.82, 2.24) is 14.5 Å². The number of aromatic nitrogens is 2. The third-order valence-electron chi connectivity index (χ3n) is 6.44. The van der Waals surface area contributed by atoms with E-state index in [1.807, 2.05) is 12.1 Å². The van der Waals surface area contributed by atoms with Crippen LogP contribution < -0.4 is 5.32 Å². The van der Waals surface area contributed by atoms with E-state index >= 15 is 0 Å². The Bertz CT molecular complexity index is 1040. The number of amides is 1. The van der Waals surface area contributed by atoms with E-state index in [0.717, 1.165) is 69.8 Å². The summed E-state index contributed by atoms with van der Waals surface area (Å²) in [5, 5.41) is 12.2. The molecule has 1 fully saturated rings. The van der Waals surface area contributed by atoms with Crippen LogP contribution in [0, 0.1) is 16.7 Å². The number of allylic oxidation sites excluding steroid dienone is 2. The van der Waals surface area contributed by atoms with Gasteiger partial charge >= 0.3 is 6.03 Å². The van der Waals surface area contributed by atoms with Gasteiger partial charge in [0, 0.05) is 30.9 Å². The fourth-order valence-corrected chi connectivity index (χ4v) is 4.27. The third-order valence-corrected chi connectivity index (χ3v) is 6.44. The molecule has 32 heavy (non-hydrogen) atoms. The van der Waals surface area contributed by atoms with Crippen LogP contribution in [-0.2, 0) is 11.2 Å². The van der Waals surface area contributed by atoms with Gasteiger partial charge in [-0.05, 0) is 54.4 Å². The molecule has 0 unspecified atom stereocenters. The summed E-state index contributed by atoms with van der Waals surface area (Å²) in [5.41, 5.74) is 4.90. The second-order valence-corrected chi connectivity index (χ2v) is 9.37. The Morgan fingerprint density at radius 2 is 2.12 bits per heavy atom. The molecule has 168 valence electrons. The van der Waals surface area contributed by atoms with E-state index in [2.05, 4.69) is 47.3 Å². The molecule has 0 spiro atoms. The highest BCUT2D eigenvalue weighted by Gasteiger charge is 2.24. The predicted octanol–water partition coefficient (Wildman–Crippen LogP) is 4.30. The van der Waals surface area contributed by atoms with E-state index in [9.17, 15) is 10.1 Å². The molecule has 1 aromatic heterocycles. The highest BCUT2D eigenvalue weighted by Crippen LogP contribution is 2.40. The van der Waals surface area contributed by atoms with Gasteiger partial charge < -0.3 is 10.1 Å². The fourth-order valence-electron chi connectivity index (χ4n) is 4.27. The largest absolute Gasteiger partial charge is 0.379 e. The first kappa shape index (κ1) is 22.3. The topological polar surface area (TPSA) is 83.2 Å². The van der Waals surface area contributed by atoms with Crippen LogP contribution in [0.2, 0.25) is 0 Å². The predicted molar refractivity (Wildman–Crippen MR) is 124 cm³/mol. The van der Waals surface area contributed by atoms with Gasteiger partial charge in [0.15, 0.2) is 0 Å². The van der Waals surface area contributed by atoms with Gasteiger partial charge in [-0.15, -0.1) is 0 Å². The number of ether oxygens (including phenoxy) is 1. The molecule has 2 aliphatic rings. The second-order valence-electron chi connectivity index (χ2n) is 9.37. The normalized spacial score (nSPS) is 18.6. The number of nitrogens with zero attached hydrogens (tertiary/aromatic N) is 4. The smallest absolute Gasteiger partial charge is 0.332 e. The number of rotatable bonds is 5. The number of hydrogen-bond donors (Lipinski definition) is 1. The molecule has 2 heterocycles. The minimum absolute atomic E-state index is 0.213. The molecule has 0 saturated carbocycles. The number of carbonyl (C=O) groups excluding carboxylic acids is 1. The highest BCUT2D eigenvalue weighted by molar-refractivity contribution is 5.95. The zero-order valence-corrected chi connectivity index (χ0v) is 18.9. The molecule has 1 amide bonds. The fraction of sp³-hybridized carbons (Fsp3) is 0.480. The Hall–Kier alpha value is -2.95. The van der Waals surface area contributed by atoms with Crippen molar-refractivity contribution in [3.8, 4) is 6.07 Å². The van der Waals surface area contributed by atoms with Crippen LogP contribution in [0.1, 0.15) is 49.9 Å². The Balaban J connectivity index is 1.57. The Morgan fingerprint density at radius 3 is 2.84 bits per heavy atom. The number of morpholine rings is 1. The summed E-state index contributed by atoms with van der Waals surface area (Å²) in [6.45, 7) is 9.16. The quantitative estimate of drug-likeness (QED) is 0.760. The molecule has 1 saturated heterocycles. The van der Waals surface area contributed by atoms with E-state index in [1.165, 1.54) is 28.2 Å². The Labute approximate surface area is 189 Å². The first-order valence-corrected chi connectivity index (χ1v) is 11.3. The zero-order chi connectivity index (χ0) is 22.6. The summed E-state index contributed by atoms with van der Waals surface area (Å²) in [5.74, 6) is 0. The van der Waals surface area contributed by atoms with E-state index in [0.29, 0.717) is 5.41 Å². The summed E-state index contributed by atoms with van der Waals surface area (Å²) in [6.07, 6.45) is 9.15. The third kappa shape index (κ3) is 5.26. The lowest BCUT2D eigenvalue weighted by Crippen LogP contribution is -2.37. The van der Waals surface area contributed by atoms with Crippen LogP contribution >= 0.6 is 0 Å². The lowest BCUT2D eigenvalue weighted by molar-refractivity contribution is 0.0384. The lowest BCUT2D eigenvalue weighted by atomic mass is 9.76. The van der Waals surface area contributed by atoms with Crippen molar-refractivity contribution < 1.29 is 9.53 Å². The maximum absolute atomic E-state index is 12.8. The summed E-state index contributed by atoms with van der Waals surface area (Å²) in [7, 11) is 0. The average Bonchev–Trinajstić information content (AvgIpc) is 3.28. The summed E-state index contributed by atoms with van der Waals surface area (Å²) in [6, 6.07) is 7.93. The molecule has 4 rings (SSSR count). The van der Waals surface area contributed by atoms with Crippen molar-refractivity contribution >= 4 is 17.3 Å². The van der Waals surface area contributed by atoms with Crippen LogP contribution in [0.4, 0.5) is 10.5 Å². The first-order chi connectivity index (χ1) is 15.4. The van der Waals surface area contributed by atoms with Crippen LogP contribution in [0.25, 0.3) is 5.57 Å². The number of carbonyl (C=O) groups is 1. The minimum Gasteiger partial charge on any atom is -0.379 e. The van der Waals surface area contributed by atoms with Gasteiger partial charge in [-0.2, -0.15) is 5.26 Å². The van der Waals surface area contributed by atoms with Gasteiger partial charge in [0.25, 0.3) is 0 Å². The van der Waals surface area contributed by atoms with Crippen molar-refractivity contribution in [2.45, 2.75) is 39.5 Å². The average molecular weight is 434 g/mol. The number of nitriles is 1. The maximum atomic E-state index is 12.8. The number of benzene rings is 1. The molecule has 7 nitrogen and oxygen atoms in total. The van der Waals surface area contributed by atoms with Crippen molar-refractivity contribution in [2.75, 3.05) is 38.2 Å². The van der Waals surface area contributed by atoms with Gasteiger partial charge in [0.2, 0.25) is 0 Å². The van der Waals surface area contributed by atoms with Gasteiger partial charge in [-0.25, -0.2) is 14.3 Å². The van der Waals surface area contributed by atoms with Crippen LogP contribution in [0.5, 0.6) is 0 Å². The molecular formula is C25H31N5O2. The summed E-state index contributed by atoms with van der Waals surface area (Å²) < 4.78 is 6.70. The summed E-state index contributed by atoms with van der Waals surface area (Å²) >= 11 is 0. The van der Waals surface area contributed by atoms with Gasteiger partial charge in [-0.3, -0.25) is 4.90 Å². The van der Waals surface area contributed by atoms with Gasteiger partial charge in [0.05, 0.1) is 19.4 Å². The first-order valence-electron chi connectivity index (χ1n) is 11.3. The van der Waals surface area contributed by atoms with Crippen LogP contribution in [0.3, 0.4) is 0 Å². The van der Waals surface area contributed by atoms with Gasteiger partial charge in [-0.1, -0.05) is 26.0 Å². The lowest BCUT2D eigenvalue weighted by Gasteiger charge is -2.30. The number of hydrogen-bond acceptors (Lipinski definition) is 5.